The van der Waals surface area contributed by atoms with Crippen molar-refractivity contribution in [3.05, 3.63) is 319 Å². The molecule has 0 radical (unpaired) electrons. The molecule has 0 saturated carbocycles. The Morgan fingerprint density at radius 3 is 1.39 bits per heavy atom. The van der Waals surface area contributed by atoms with Gasteiger partial charge in [0.1, 0.15) is 0 Å². The molecule has 12 aromatic carbocycles. The maximum Gasteiger partial charge on any atom is 0.0618 e. The van der Waals surface area contributed by atoms with E-state index in [-0.39, 0.29) is 0 Å². The molecule has 0 fully saturated rings. The number of hydrogen-bond donors (Lipinski definition) is 0. The lowest BCUT2D eigenvalue weighted by Gasteiger charge is -2.30. The first-order chi connectivity index (χ1) is 39.0. The normalized spacial score (nSPS) is 17.2. The molecule has 2 aliphatic rings. The molecule has 0 aliphatic heterocycles. The Hall–Kier alpha value is -10.0. The Balaban J connectivity index is 0.831. The van der Waals surface area contributed by atoms with Crippen LogP contribution >= 0.6 is 0 Å². The standard InChI is InChI=1S/C77H56N2/c1-53-43-57-19-4-2-3-17-55(45-57)18-5-12-26-69(44-53)79(77-74-29-15-10-24-65(74)50-66-25-11-16-30-75(66)77)70-41-37-60-46-56(33-36-62(60)51-70)32-31-54-34-39-68(40-35-54)78(71-42-38-61-47-58-20-6-7-21-59(58)48-67(61)52-71)76-72-27-13-8-22-63(72)49-64-23-9-14-28-73(64)76/h3-4,6-44,46-52H,1-2,5,45H2/b17-3-,19-4-,26-12-,32-31+,55-18-,57-43-,69-44+. The molecule has 0 atom stereocenters. The SMILES string of the molecule is C=C1/C=C2/C=C\C/C=C\C(=C\C/C=C\C(N(c3ccc4cc(/C=C/c5ccc(N(c6ccc7cc8ccccc8cc7c6)c6c7ccccc7cc7ccccc67)cc5)ccc4c3)c3c4ccccc4cc4ccccc34)=C/1)C2. The number of fused-ring (bicyclic) bond motifs is 9. The van der Waals surface area contributed by atoms with Crippen molar-refractivity contribution in [3.63, 3.8) is 0 Å². The summed E-state index contributed by atoms with van der Waals surface area (Å²) < 4.78 is 0. The van der Waals surface area contributed by atoms with Gasteiger partial charge in [0.15, 0.2) is 0 Å². The predicted molar refractivity (Wildman–Crippen MR) is 342 cm³/mol. The molecule has 14 rings (SSSR count). The van der Waals surface area contributed by atoms with Gasteiger partial charge in [-0.15, -0.1) is 0 Å². The predicted octanol–water partition coefficient (Wildman–Crippen LogP) is 21.7. The molecule has 0 saturated heterocycles. The Bertz CT molecular complexity index is 4540. The van der Waals surface area contributed by atoms with Crippen molar-refractivity contribution in [3.8, 4) is 0 Å². The number of hydrogen-bond acceptors (Lipinski definition) is 2. The van der Waals surface area contributed by atoms with Crippen LogP contribution in [0.15, 0.2) is 308 Å². The van der Waals surface area contributed by atoms with Gasteiger partial charge < -0.3 is 9.80 Å². The fourth-order valence-corrected chi connectivity index (χ4v) is 11.9. The van der Waals surface area contributed by atoms with E-state index >= 15 is 0 Å². The summed E-state index contributed by atoms with van der Waals surface area (Å²) in [5.41, 5.74) is 12.5. The van der Waals surface area contributed by atoms with Crippen LogP contribution in [-0.4, -0.2) is 0 Å². The monoisotopic (exact) mass is 1010 g/mol. The van der Waals surface area contributed by atoms with Crippen LogP contribution in [0.25, 0.3) is 87.6 Å². The smallest absolute Gasteiger partial charge is 0.0618 e. The molecule has 0 heterocycles. The van der Waals surface area contributed by atoms with Crippen molar-refractivity contribution >= 4 is 116 Å². The zero-order chi connectivity index (χ0) is 52.7. The van der Waals surface area contributed by atoms with Crippen molar-refractivity contribution in [2.24, 2.45) is 0 Å². The van der Waals surface area contributed by atoms with E-state index in [1.807, 2.05) is 0 Å². The molecule has 0 unspecified atom stereocenters. The summed E-state index contributed by atoms with van der Waals surface area (Å²) in [5.74, 6) is 0. The second kappa shape index (κ2) is 20.5. The Morgan fingerprint density at radius 2 is 0.759 bits per heavy atom. The highest BCUT2D eigenvalue weighted by atomic mass is 15.2. The minimum atomic E-state index is 0.826. The van der Waals surface area contributed by atoms with Crippen molar-refractivity contribution < 1.29 is 0 Å². The Kier molecular flexibility index (Phi) is 12.3. The van der Waals surface area contributed by atoms with Gasteiger partial charge in [-0.25, -0.2) is 0 Å². The third kappa shape index (κ3) is 9.34. The molecule has 2 nitrogen and oxygen atoms in total. The summed E-state index contributed by atoms with van der Waals surface area (Å²) in [6.07, 6.45) is 27.6. The maximum atomic E-state index is 4.64. The summed E-state index contributed by atoms with van der Waals surface area (Å²) in [6.45, 7) is 4.64. The van der Waals surface area contributed by atoms with Crippen LogP contribution in [0.4, 0.5) is 28.4 Å². The van der Waals surface area contributed by atoms with Crippen LogP contribution in [0.1, 0.15) is 30.4 Å². The van der Waals surface area contributed by atoms with Gasteiger partial charge >= 0.3 is 0 Å². The molecule has 0 N–H and O–H groups in total. The molecule has 0 amide bonds. The minimum Gasteiger partial charge on any atom is -0.309 e. The van der Waals surface area contributed by atoms with E-state index in [1.54, 1.807) is 0 Å². The fraction of sp³-hybridized carbons (Fsp3) is 0.0390. The van der Waals surface area contributed by atoms with Crippen LogP contribution in [-0.2, 0) is 0 Å². The topological polar surface area (TPSA) is 6.48 Å². The molecule has 0 spiro atoms. The Morgan fingerprint density at radius 1 is 0.329 bits per heavy atom. The van der Waals surface area contributed by atoms with Gasteiger partial charge in [0.2, 0.25) is 0 Å². The summed E-state index contributed by atoms with van der Waals surface area (Å²) in [7, 11) is 0. The van der Waals surface area contributed by atoms with Gasteiger partial charge in [-0.3, -0.25) is 0 Å². The van der Waals surface area contributed by atoms with Gasteiger partial charge in [-0.1, -0.05) is 219 Å². The van der Waals surface area contributed by atoms with Gasteiger partial charge in [-0.2, -0.15) is 0 Å². The third-order valence-electron chi connectivity index (χ3n) is 15.7. The molecule has 2 aliphatic carbocycles. The van der Waals surface area contributed by atoms with Crippen molar-refractivity contribution in [1.82, 2.24) is 0 Å². The number of benzene rings is 12. The van der Waals surface area contributed by atoms with Gasteiger partial charge in [0, 0.05) is 44.3 Å². The summed E-state index contributed by atoms with van der Waals surface area (Å²) in [4.78, 5) is 4.91. The molecular formula is C77H56N2. The molecule has 2 heteroatoms. The summed E-state index contributed by atoms with van der Waals surface area (Å²) in [6, 6.07) is 82.6. The lowest BCUT2D eigenvalue weighted by atomic mass is 9.97. The highest BCUT2D eigenvalue weighted by molar-refractivity contribution is 6.16. The first-order valence-electron chi connectivity index (χ1n) is 27.5. The van der Waals surface area contributed by atoms with Crippen molar-refractivity contribution in [2.45, 2.75) is 19.3 Å². The minimum absolute atomic E-state index is 0.826. The van der Waals surface area contributed by atoms with E-state index in [0.29, 0.717) is 0 Å². The molecule has 0 aromatic heterocycles. The highest BCUT2D eigenvalue weighted by Gasteiger charge is 2.22. The quantitative estimate of drug-likeness (QED) is 0.111. The lowest BCUT2D eigenvalue weighted by Crippen LogP contribution is -2.16. The second-order valence-electron chi connectivity index (χ2n) is 20.9. The number of rotatable bonds is 8. The average Bonchev–Trinajstić information content (AvgIpc) is 3.70. The average molecular weight is 1010 g/mol. The molecule has 2 bridgehead atoms. The molecule has 79 heavy (non-hydrogen) atoms. The van der Waals surface area contributed by atoms with Crippen LogP contribution in [0.3, 0.4) is 0 Å². The van der Waals surface area contributed by atoms with Crippen LogP contribution in [0.5, 0.6) is 0 Å². The van der Waals surface area contributed by atoms with E-state index in [0.717, 1.165) is 64.4 Å². The third-order valence-corrected chi connectivity index (χ3v) is 15.7. The molecular weight excluding hydrogens is 953 g/mol. The number of allylic oxidation sites excluding steroid dienone is 12. The largest absolute Gasteiger partial charge is 0.309 e. The zero-order valence-electron chi connectivity index (χ0n) is 43.9. The first-order valence-corrected chi connectivity index (χ1v) is 27.5. The number of anilines is 5. The van der Waals surface area contributed by atoms with Crippen LogP contribution in [0, 0.1) is 0 Å². The van der Waals surface area contributed by atoms with E-state index in [2.05, 4.69) is 308 Å². The molecule has 12 aromatic rings. The van der Waals surface area contributed by atoms with Gasteiger partial charge in [-0.05, 0) is 180 Å². The van der Waals surface area contributed by atoms with Crippen molar-refractivity contribution in [1.29, 1.82) is 0 Å². The van der Waals surface area contributed by atoms with Crippen LogP contribution < -0.4 is 9.80 Å². The second-order valence-corrected chi connectivity index (χ2v) is 20.9. The van der Waals surface area contributed by atoms with E-state index in [1.165, 1.54) is 92.2 Å². The molecule has 374 valence electrons. The highest BCUT2D eigenvalue weighted by Crippen LogP contribution is 2.46. The fourth-order valence-electron chi connectivity index (χ4n) is 11.9. The zero-order valence-corrected chi connectivity index (χ0v) is 43.9. The lowest BCUT2D eigenvalue weighted by molar-refractivity contribution is 1.15. The van der Waals surface area contributed by atoms with Gasteiger partial charge in [0.25, 0.3) is 0 Å². The van der Waals surface area contributed by atoms with E-state index in [4.69, 9.17) is 0 Å². The van der Waals surface area contributed by atoms with Gasteiger partial charge in [0.05, 0.1) is 11.4 Å². The summed E-state index contributed by atoms with van der Waals surface area (Å²) >= 11 is 0. The van der Waals surface area contributed by atoms with Crippen molar-refractivity contribution in [2.75, 3.05) is 9.80 Å². The summed E-state index contributed by atoms with van der Waals surface area (Å²) in [5, 5.41) is 16.9. The van der Waals surface area contributed by atoms with E-state index < -0.39 is 0 Å². The first kappa shape index (κ1) is 47.4. The van der Waals surface area contributed by atoms with Crippen LogP contribution in [0.2, 0.25) is 0 Å². The van der Waals surface area contributed by atoms with E-state index in [9.17, 15) is 0 Å². The Labute approximate surface area is 461 Å². The maximum absolute atomic E-state index is 4.64. The number of nitrogens with zero attached hydrogens (tertiary/aromatic N) is 2.